The van der Waals surface area contributed by atoms with E-state index in [4.69, 9.17) is 4.74 Å². The Bertz CT molecular complexity index is 1520. The minimum atomic E-state index is -1.12. The number of para-hydroxylation sites is 1. The first kappa shape index (κ1) is 21.6. The zero-order valence-corrected chi connectivity index (χ0v) is 20.6. The Morgan fingerprint density at radius 1 is 0.879 bits per heavy atom. The SMILES string of the molecule is Cn1c2ccccc2c2cnn(Cc3cccc4c3cnn4COCC[Si](C)(C)C)c(=O)c21. The van der Waals surface area contributed by atoms with Crippen LogP contribution in [0.5, 0.6) is 0 Å². The lowest BCUT2D eigenvalue weighted by atomic mass is 10.1. The third kappa shape index (κ3) is 4.00. The van der Waals surface area contributed by atoms with Crippen LogP contribution in [0.2, 0.25) is 25.7 Å². The second-order valence-electron chi connectivity index (χ2n) is 9.79. The minimum absolute atomic E-state index is 0.0923. The summed E-state index contributed by atoms with van der Waals surface area (Å²) in [6, 6.07) is 15.2. The quantitative estimate of drug-likeness (QED) is 0.264. The molecule has 0 radical (unpaired) electrons. The lowest BCUT2D eigenvalue weighted by molar-refractivity contribution is 0.0817. The van der Waals surface area contributed by atoms with Crippen molar-refractivity contribution in [3.05, 3.63) is 70.8 Å². The number of aromatic nitrogens is 5. The highest BCUT2D eigenvalue weighted by atomic mass is 28.3. The van der Waals surface area contributed by atoms with E-state index in [1.165, 1.54) is 4.68 Å². The summed E-state index contributed by atoms with van der Waals surface area (Å²) in [5.41, 5.74) is 3.62. The molecule has 5 rings (SSSR count). The van der Waals surface area contributed by atoms with Gasteiger partial charge in [-0.2, -0.15) is 10.2 Å². The Morgan fingerprint density at radius 2 is 1.61 bits per heavy atom. The second-order valence-corrected chi connectivity index (χ2v) is 15.4. The highest BCUT2D eigenvalue weighted by Crippen LogP contribution is 2.25. The summed E-state index contributed by atoms with van der Waals surface area (Å²) in [5, 5.41) is 12.0. The van der Waals surface area contributed by atoms with Gasteiger partial charge in [0.1, 0.15) is 12.2 Å². The lowest BCUT2D eigenvalue weighted by Gasteiger charge is -2.15. The Kier molecular flexibility index (Phi) is 5.42. The smallest absolute Gasteiger partial charge is 0.291 e. The van der Waals surface area contributed by atoms with Crippen molar-refractivity contribution in [1.29, 1.82) is 0 Å². The lowest BCUT2D eigenvalue weighted by Crippen LogP contribution is -2.24. The van der Waals surface area contributed by atoms with E-state index in [-0.39, 0.29) is 5.56 Å². The topological polar surface area (TPSA) is 66.9 Å². The van der Waals surface area contributed by atoms with Gasteiger partial charge in [-0.25, -0.2) is 9.36 Å². The van der Waals surface area contributed by atoms with Gasteiger partial charge in [0.2, 0.25) is 0 Å². The maximum Gasteiger partial charge on any atom is 0.291 e. The molecule has 0 aliphatic carbocycles. The van der Waals surface area contributed by atoms with Crippen LogP contribution >= 0.6 is 0 Å². The second kappa shape index (κ2) is 8.28. The van der Waals surface area contributed by atoms with Crippen LogP contribution in [0, 0.1) is 0 Å². The van der Waals surface area contributed by atoms with Crippen molar-refractivity contribution in [1.82, 2.24) is 24.1 Å². The van der Waals surface area contributed by atoms with Crippen LogP contribution in [0.4, 0.5) is 0 Å². The third-order valence-corrected chi connectivity index (χ3v) is 7.92. The molecule has 0 aliphatic heterocycles. The number of hydrogen-bond acceptors (Lipinski definition) is 4. The molecule has 5 aromatic rings. The maximum atomic E-state index is 13.4. The molecule has 0 unspecified atom stereocenters. The number of aryl methyl sites for hydroxylation is 1. The van der Waals surface area contributed by atoms with E-state index in [9.17, 15) is 4.79 Å². The van der Waals surface area contributed by atoms with Gasteiger partial charge in [0.25, 0.3) is 5.56 Å². The van der Waals surface area contributed by atoms with Crippen molar-refractivity contribution in [3.8, 4) is 0 Å². The maximum absolute atomic E-state index is 13.4. The Morgan fingerprint density at radius 3 is 2.42 bits per heavy atom. The normalized spacial score (nSPS) is 12.4. The Hall–Kier alpha value is -3.23. The van der Waals surface area contributed by atoms with Gasteiger partial charge in [0, 0.05) is 43.4 Å². The van der Waals surface area contributed by atoms with Crippen molar-refractivity contribution in [2.24, 2.45) is 7.05 Å². The van der Waals surface area contributed by atoms with Crippen LogP contribution in [0.1, 0.15) is 5.56 Å². The predicted octanol–water partition coefficient (Wildman–Crippen LogP) is 4.60. The van der Waals surface area contributed by atoms with Crippen molar-refractivity contribution in [2.45, 2.75) is 39.0 Å². The molecule has 0 spiro atoms. The fourth-order valence-electron chi connectivity index (χ4n) is 4.32. The van der Waals surface area contributed by atoms with Gasteiger partial charge in [-0.3, -0.25) is 4.79 Å². The van der Waals surface area contributed by atoms with Crippen LogP contribution in [0.25, 0.3) is 32.7 Å². The van der Waals surface area contributed by atoms with Gasteiger partial charge < -0.3 is 9.30 Å². The first-order chi connectivity index (χ1) is 15.8. The van der Waals surface area contributed by atoms with Crippen molar-refractivity contribution in [3.63, 3.8) is 0 Å². The van der Waals surface area contributed by atoms with E-state index in [1.54, 1.807) is 6.20 Å². The summed E-state index contributed by atoms with van der Waals surface area (Å²) in [4.78, 5) is 13.4. The fraction of sp³-hybridized carbons (Fsp3) is 0.320. The van der Waals surface area contributed by atoms with E-state index in [0.717, 1.165) is 45.4 Å². The molecule has 33 heavy (non-hydrogen) atoms. The molecule has 8 heteroatoms. The van der Waals surface area contributed by atoms with E-state index in [1.807, 2.05) is 65.0 Å². The molecule has 0 saturated heterocycles. The molecule has 0 aliphatic rings. The molecule has 2 aromatic carbocycles. The van der Waals surface area contributed by atoms with Crippen molar-refractivity contribution < 1.29 is 4.74 Å². The summed E-state index contributed by atoms with van der Waals surface area (Å²) in [6.45, 7) is 8.60. The molecule has 0 bridgehead atoms. The van der Waals surface area contributed by atoms with Gasteiger partial charge in [-0.05, 0) is 23.7 Å². The standard InChI is InChI=1S/C25H29N5O2Si/c1-28-22-10-6-5-9-19(22)21-15-26-29(25(31)24(21)28)16-18-8-7-11-23-20(18)14-27-30(23)17-32-12-13-33(2,3)4/h5-11,14-15H,12-13,16-17H2,1-4H3. The van der Waals surface area contributed by atoms with E-state index in [0.29, 0.717) is 18.8 Å². The fourth-order valence-corrected chi connectivity index (χ4v) is 5.08. The number of hydrogen-bond donors (Lipinski definition) is 0. The van der Waals surface area contributed by atoms with Crippen LogP contribution in [-0.2, 0) is 25.1 Å². The van der Waals surface area contributed by atoms with Crippen LogP contribution in [0.15, 0.2) is 59.7 Å². The van der Waals surface area contributed by atoms with Gasteiger partial charge in [-0.15, -0.1) is 0 Å². The average Bonchev–Trinajstić information content (AvgIpc) is 3.33. The van der Waals surface area contributed by atoms with Gasteiger partial charge >= 0.3 is 0 Å². The molecule has 3 heterocycles. The number of ether oxygens (including phenoxy) is 1. The van der Waals surface area contributed by atoms with E-state index < -0.39 is 8.07 Å². The van der Waals surface area contributed by atoms with Crippen molar-refractivity contribution in [2.75, 3.05) is 6.61 Å². The number of nitrogens with zero attached hydrogens (tertiary/aromatic N) is 5. The number of fused-ring (bicyclic) bond motifs is 4. The highest BCUT2D eigenvalue weighted by Gasteiger charge is 2.16. The van der Waals surface area contributed by atoms with E-state index >= 15 is 0 Å². The third-order valence-electron chi connectivity index (χ3n) is 6.22. The molecular formula is C25H29N5O2Si. The first-order valence-corrected chi connectivity index (χ1v) is 15.0. The van der Waals surface area contributed by atoms with E-state index in [2.05, 4.69) is 29.8 Å². The molecule has 0 saturated carbocycles. The van der Waals surface area contributed by atoms with Gasteiger partial charge in [0.05, 0.1) is 24.5 Å². The summed E-state index contributed by atoms with van der Waals surface area (Å²) in [6.07, 6.45) is 3.65. The molecule has 170 valence electrons. The summed E-state index contributed by atoms with van der Waals surface area (Å²) >= 11 is 0. The van der Waals surface area contributed by atoms with Crippen LogP contribution < -0.4 is 5.56 Å². The summed E-state index contributed by atoms with van der Waals surface area (Å²) < 4.78 is 11.3. The zero-order chi connectivity index (χ0) is 23.2. The van der Waals surface area contributed by atoms with Gasteiger partial charge in [0.15, 0.2) is 0 Å². The number of rotatable bonds is 7. The molecule has 7 nitrogen and oxygen atoms in total. The van der Waals surface area contributed by atoms with Crippen LogP contribution in [0.3, 0.4) is 0 Å². The number of benzene rings is 2. The molecule has 0 N–H and O–H groups in total. The van der Waals surface area contributed by atoms with Crippen molar-refractivity contribution >= 4 is 40.8 Å². The molecule has 3 aromatic heterocycles. The highest BCUT2D eigenvalue weighted by molar-refractivity contribution is 6.76. The first-order valence-electron chi connectivity index (χ1n) is 11.3. The molecule has 0 atom stereocenters. The monoisotopic (exact) mass is 459 g/mol. The minimum Gasteiger partial charge on any atom is -0.360 e. The summed E-state index contributed by atoms with van der Waals surface area (Å²) in [5.74, 6) is 0. The van der Waals surface area contributed by atoms with Crippen LogP contribution in [-0.4, -0.2) is 38.8 Å². The molecule has 0 fully saturated rings. The average molecular weight is 460 g/mol. The Balaban J connectivity index is 1.45. The molecular weight excluding hydrogens is 430 g/mol. The summed E-state index contributed by atoms with van der Waals surface area (Å²) in [7, 11) is 0.813. The zero-order valence-electron chi connectivity index (χ0n) is 19.6. The largest absolute Gasteiger partial charge is 0.360 e. The molecule has 0 amide bonds. The van der Waals surface area contributed by atoms with Gasteiger partial charge in [-0.1, -0.05) is 50.0 Å². The Labute approximate surface area is 193 Å². The predicted molar refractivity (Wildman–Crippen MR) is 135 cm³/mol.